The lowest BCUT2D eigenvalue weighted by molar-refractivity contribution is -0.126. The maximum atomic E-state index is 15.2. The average molecular weight is 1160 g/mol. The van der Waals surface area contributed by atoms with Gasteiger partial charge in [-0.2, -0.15) is 29.9 Å². The van der Waals surface area contributed by atoms with Crippen molar-refractivity contribution in [1.29, 1.82) is 0 Å². The van der Waals surface area contributed by atoms with Gasteiger partial charge in [-0.1, -0.05) is 81.7 Å². The number of nitrogens with zero attached hydrogens (tertiary/aromatic N) is 13. The van der Waals surface area contributed by atoms with Crippen LogP contribution in [0.2, 0.25) is 10.0 Å². The van der Waals surface area contributed by atoms with Crippen molar-refractivity contribution in [3.63, 3.8) is 0 Å². The van der Waals surface area contributed by atoms with Crippen LogP contribution in [0, 0.1) is 25.5 Å². The molecule has 21 nitrogen and oxygen atoms in total. The molecule has 12 rings (SSSR count). The van der Waals surface area contributed by atoms with Crippen molar-refractivity contribution in [2.75, 3.05) is 76.5 Å². The van der Waals surface area contributed by atoms with E-state index in [1.165, 1.54) is 41.6 Å². The molecule has 1 amide bonds. The molecule has 0 saturated carbocycles. The summed E-state index contributed by atoms with van der Waals surface area (Å²) < 4.78 is 56.2. The number of methoxy groups -OCH3 is 2. The molecule has 6 aromatic heterocycles. The summed E-state index contributed by atoms with van der Waals surface area (Å²) in [7, 11) is 2.96. The number of amides is 1. The van der Waals surface area contributed by atoms with Gasteiger partial charge in [-0.3, -0.25) is 4.79 Å². The number of fused-ring (bicyclic) bond motifs is 4. The number of benzene rings is 2. The summed E-state index contributed by atoms with van der Waals surface area (Å²) in [6.07, 6.45) is 1.27. The third kappa shape index (κ3) is 9.52. The molecule has 2 saturated heterocycles. The minimum atomic E-state index is -0.633. The second-order valence-electron chi connectivity index (χ2n) is 20.5. The van der Waals surface area contributed by atoms with Crippen LogP contribution < -0.4 is 45.4 Å². The Labute approximate surface area is 478 Å². The molecule has 2 atom stereocenters. The van der Waals surface area contributed by atoms with E-state index in [0.29, 0.717) is 102 Å². The Balaban J connectivity index is 0.000000173. The first-order chi connectivity index (χ1) is 39.4. The zero-order valence-electron chi connectivity index (χ0n) is 46.1. The molecule has 0 unspecified atom stereocenters. The van der Waals surface area contributed by atoms with Crippen molar-refractivity contribution < 1.29 is 32.5 Å². The van der Waals surface area contributed by atoms with Gasteiger partial charge in [0.25, 0.3) is 0 Å². The standard InChI is InChI=1S/C30H29ClFN7O4.C27H27ClFN7O3/c1-6-20(40)37-11-12-38-17(13-37)14-43-26-21-27(38)36-30(41)39(25-16(4)33-29(42-5)35-23(25)15(2)3)28(21)34-24(22(26)31)18-9-7-8-10-19(18)32;1-13(2)20-22(14(3)31-26(33-20)38-4)36-25-18-23(19(28)21(32-25)16-7-5-6-8-17(16)29)39-12-15-11-30-9-10-35(15)24(18)34-27(36)37/h6-10,15,17H,1,11-14H2,2-5H3;5-8,13,15,30H,9-12H2,1-4H3/t17-;15-/m11/s1. The minimum absolute atomic E-state index is 0.0801. The molecule has 2 aromatic carbocycles. The summed E-state index contributed by atoms with van der Waals surface area (Å²) in [6.45, 7) is 18.4. The third-order valence-electron chi connectivity index (χ3n) is 14.8. The molecule has 4 aliphatic heterocycles. The van der Waals surface area contributed by atoms with E-state index in [1.54, 1.807) is 55.1 Å². The number of anilines is 2. The number of rotatable bonds is 9. The molecule has 0 radical (unpaired) electrons. The predicted octanol–water partition coefficient (Wildman–Crippen LogP) is 7.71. The molecule has 0 aliphatic carbocycles. The van der Waals surface area contributed by atoms with E-state index in [0.717, 1.165) is 6.54 Å². The number of nitrogens with one attached hydrogen (secondary N) is 1. The van der Waals surface area contributed by atoms with Crippen molar-refractivity contribution in [2.45, 2.75) is 65.5 Å². The molecular formula is C57H56Cl2F2N14O7. The van der Waals surface area contributed by atoms with Gasteiger partial charge in [0.2, 0.25) is 5.91 Å². The average Bonchev–Trinajstić information content (AvgIpc) is 3.50. The highest BCUT2D eigenvalue weighted by Gasteiger charge is 2.39. The lowest BCUT2D eigenvalue weighted by Gasteiger charge is -2.40. The van der Waals surface area contributed by atoms with Crippen LogP contribution in [-0.2, 0) is 4.79 Å². The number of hydrogen-bond acceptors (Lipinski definition) is 18. The van der Waals surface area contributed by atoms with Gasteiger partial charge in [0, 0.05) is 50.4 Å². The Kier molecular flexibility index (Phi) is 15.0. The number of hydrogen-bond donors (Lipinski definition) is 1. The first-order valence-electron chi connectivity index (χ1n) is 26.5. The SMILES string of the molecule is C=CC(=O)N1CCN2c3nc(=O)n(-c4c(C)nc(OC)nc4C(C)C)c4nc(-c5ccccc5F)c(Cl)c(c34)OC[C@H]2C1.COc1nc(C)c(-n2c(=O)nc3c4c(c(Cl)c(-c5ccccc5F)nc42)OC[C@H]2CNCCN32)c(C(C)C)n1. The molecule has 25 heteroatoms. The fraction of sp³-hybridized carbons (Fsp3) is 0.351. The Bertz CT molecular complexity index is 4050. The zero-order valence-corrected chi connectivity index (χ0v) is 47.6. The maximum Gasteiger partial charge on any atom is 0.355 e. The molecular weight excluding hydrogens is 1100 g/mol. The topological polar surface area (TPSA) is 223 Å². The lowest BCUT2D eigenvalue weighted by Crippen LogP contribution is -2.56. The summed E-state index contributed by atoms with van der Waals surface area (Å²) in [5.74, 6) is -0.181. The maximum absolute atomic E-state index is 15.2. The number of piperazine rings is 2. The van der Waals surface area contributed by atoms with E-state index >= 15 is 8.78 Å². The van der Waals surface area contributed by atoms with Crippen molar-refractivity contribution in [2.24, 2.45) is 0 Å². The van der Waals surface area contributed by atoms with Crippen LogP contribution >= 0.6 is 23.2 Å². The molecule has 8 aromatic rings. The number of aromatic nitrogens is 10. The van der Waals surface area contributed by atoms with Crippen LogP contribution in [0.5, 0.6) is 23.5 Å². The van der Waals surface area contributed by atoms with Crippen molar-refractivity contribution in [1.82, 2.24) is 59.2 Å². The summed E-state index contributed by atoms with van der Waals surface area (Å²) in [5, 5.41) is 4.46. The monoisotopic (exact) mass is 1160 g/mol. The molecule has 0 bridgehead atoms. The Hall–Kier alpha value is -8.41. The van der Waals surface area contributed by atoms with Gasteiger partial charge in [-0.25, -0.2) is 37.5 Å². The van der Waals surface area contributed by atoms with Gasteiger partial charge in [0.05, 0.1) is 71.8 Å². The first-order valence-corrected chi connectivity index (χ1v) is 27.3. The van der Waals surface area contributed by atoms with Crippen LogP contribution in [0.15, 0.2) is 70.8 Å². The summed E-state index contributed by atoms with van der Waals surface area (Å²) in [4.78, 5) is 83.0. The van der Waals surface area contributed by atoms with Crippen LogP contribution in [0.4, 0.5) is 20.4 Å². The number of aryl methyl sites for hydroxylation is 2. The molecule has 2 fully saturated rings. The van der Waals surface area contributed by atoms with E-state index in [1.807, 2.05) is 32.6 Å². The fourth-order valence-electron chi connectivity index (χ4n) is 10.9. The largest absolute Gasteiger partial charge is 0.489 e. The number of halogens is 4. The second kappa shape index (κ2) is 22.2. The van der Waals surface area contributed by atoms with Gasteiger partial charge in [-0.05, 0) is 56.0 Å². The van der Waals surface area contributed by atoms with E-state index in [2.05, 4.69) is 46.7 Å². The van der Waals surface area contributed by atoms with Crippen LogP contribution in [0.3, 0.4) is 0 Å². The van der Waals surface area contributed by atoms with E-state index in [9.17, 15) is 14.4 Å². The number of ether oxygens (including phenoxy) is 4. The summed E-state index contributed by atoms with van der Waals surface area (Å²) in [6, 6.07) is 12.3. The zero-order chi connectivity index (χ0) is 58.0. The van der Waals surface area contributed by atoms with Crippen LogP contribution in [0.25, 0.3) is 56.0 Å². The van der Waals surface area contributed by atoms with E-state index < -0.39 is 23.0 Å². The van der Waals surface area contributed by atoms with E-state index in [4.69, 9.17) is 52.1 Å². The Morgan fingerprint density at radius 3 is 1.60 bits per heavy atom. The van der Waals surface area contributed by atoms with Crippen molar-refractivity contribution in [3.05, 3.63) is 127 Å². The summed E-state index contributed by atoms with van der Waals surface area (Å²) >= 11 is 13.9. The van der Waals surface area contributed by atoms with Gasteiger partial charge in [0.15, 0.2) is 22.8 Å². The number of carbonyl (C=O) groups is 1. The van der Waals surface area contributed by atoms with Gasteiger partial charge in [-0.15, -0.1) is 0 Å². The van der Waals surface area contributed by atoms with Crippen LogP contribution in [0.1, 0.15) is 62.3 Å². The normalized spacial score (nSPS) is 16.4. The highest BCUT2D eigenvalue weighted by molar-refractivity contribution is 6.36. The molecule has 1 N–H and O–H groups in total. The molecule has 10 heterocycles. The smallest absolute Gasteiger partial charge is 0.355 e. The van der Waals surface area contributed by atoms with Gasteiger partial charge >= 0.3 is 23.4 Å². The van der Waals surface area contributed by atoms with E-state index in [-0.39, 0.29) is 98.1 Å². The fourth-order valence-corrected chi connectivity index (χ4v) is 11.5. The quantitative estimate of drug-likeness (QED) is 0.137. The van der Waals surface area contributed by atoms with Gasteiger partial charge in [0.1, 0.15) is 57.3 Å². The molecule has 0 spiro atoms. The lowest BCUT2D eigenvalue weighted by atomic mass is 10.1. The predicted molar refractivity (Wildman–Crippen MR) is 306 cm³/mol. The Morgan fingerprint density at radius 2 is 1.15 bits per heavy atom. The highest BCUT2D eigenvalue weighted by Crippen LogP contribution is 2.48. The Morgan fingerprint density at radius 1 is 0.683 bits per heavy atom. The number of carbonyl (C=O) groups excluding carboxylic acids is 1. The number of pyridine rings is 2. The molecule has 424 valence electrons. The minimum Gasteiger partial charge on any atom is -0.489 e. The van der Waals surface area contributed by atoms with Crippen LogP contribution in [-0.4, -0.2) is 139 Å². The molecule has 82 heavy (non-hydrogen) atoms. The van der Waals surface area contributed by atoms with Crippen molar-refractivity contribution in [3.8, 4) is 57.4 Å². The van der Waals surface area contributed by atoms with Crippen molar-refractivity contribution >= 4 is 62.8 Å². The first kappa shape index (κ1) is 55.5. The highest BCUT2D eigenvalue weighted by atomic mass is 35.5. The molecule has 4 aliphatic rings. The van der Waals surface area contributed by atoms with Gasteiger partial charge < -0.3 is 39.0 Å². The third-order valence-corrected chi connectivity index (χ3v) is 15.5. The second-order valence-corrected chi connectivity index (χ2v) is 21.3. The summed E-state index contributed by atoms with van der Waals surface area (Å²) in [5.41, 5.74) is 2.73.